The second-order valence-electron chi connectivity index (χ2n) is 5.72. The van der Waals surface area contributed by atoms with E-state index in [9.17, 15) is 8.42 Å². The summed E-state index contributed by atoms with van der Waals surface area (Å²) in [6.07, 6.45) is 3.44. The van der Waals surface area contributed by atoms with Gasteiger partial charge in [0.2, 0.25) is 10.0 Å². The van der Waals surface area contributed by atoms with E-state index in [1.807, 2.05) is 12.3 Å². The van der Waals surface area contributed by atoms with Crippen molar-refractivity contribution in [3.63, 3.8) is 0 Å². The fourth-order valence-electron chi connectivity index (χ4n) is 1.91. The highest BCUT2D eigenvalue weighted by molar-refractivity contribution is 7.91. The lowest BCUT2D eigenvalue weighted by Gasteiger charge is -2.19. The molecule has 0 spiro atoms. The molecule has 2 rings (SSSR count). The Morgan fingerprint density at radius 3 is 2.70 bits per heavy atom. The first-order chi connectivity index (χ1) is 9.42. The number of sulfonamides is 1. The monoisotopic (exact) mass is 316 g/mol. The van der Waals surface area contributed by atoms with Crippen LogP contribution >= 0.6 is 11.3 Å². The summed E-state index contributed by atoms with van der Waals surface area (Å²) in [5, 5.41) is 5.33. The largest absolute Gasteiger partial charge is 0.310 e. The third-order valence-electron chi connectivity index (χ3n) is 3.91. The molecule has 0 amide bonds. The minimum Gasteiger partial charge on any atom is -0.310 e. The van der Waals surface area contributed by atoms with Crippen molar-refractivity contribution in [2.45, 2.75) is 62.9 Å². The number of hydrogen-bond donors (Lipinski definition) is 2. The van der Waals surface area contributed by atoms with Crippen molar-refractivity contribution < 1.29 is 8.42 Å². The summed E-state index contributed by atoms with van der Waals surface area (Å²) in [6.45, 7) is 6.82. The second-order valence-corrected chi connectivity index (χ2v) is 8.58. The lowest BCUT2D eigenvalue weighted by atomic mass is 10.0. The van der Waals surface area contributed by atoms with Gasteiger partial charge in [-0.3, -0.25) is 0 Å². The van der Waals surface area contributed by atoms with Crippen LogP contribution in [0.25, 0.3) is 0 Å². The Morgan fingerprint density at radius 2 is 2.10 bits per heavy atom. The zero-order chi connectivity index (χ0) is 14.8. The maximum absolute atomic E-state index is 12.3. The van der Waals surface area contributed by atoms with E-state index in [2.05, 4.69) is 23.9 Å². The van der Waals surface area contributed by atoms with Gasteiger partial charge < -0.3 is 5.32 Å². The van der Waals surface area contributed by atoms with Crippen LogP contribution in [0.4, 0.5) is 0 Å². The van der Waals surface area contributed by atoms with E-state index in [-0.39, 0.29) is 6.04 Å². The maximum Gasteiger partial charge on any atom is 0.250 e. The first-order valence-corrected chi connectivity index (χ1v) is 9.61. The Morgan fingerprint density at radius 1 is 1.40 bits per heavy atom. The van der Waals surface area contributed by atoms with Gasteiger partial charge in [-0.2, -0.15) is 0 Å². The molecule has 1 aromatic heterocycles. The Hall–Kier alpha value is -0.430. The van der Waals surface area contributed by atoms with Crippen molar-refractivity contribution in [3.8, 4) is 0 Å². The molecule has 1 heterocycles. The van der Waals surface area contributed by atoms with Gasteiger partial charge in [-0.05, 0) is 42.7 Å². The smallest absolute Gasteiger partial charge is 0.250 e. The molecule has 0 saturated heterocycles. The highest BCUT2D eigenvalue weighted by atomic mass is 32.2. The number of nitrogens with one attached hydrogen (secondary N) is 2. The van der Waals surface area contributed by atoms with Crippen LogP contribution in [0.2, 0.25) is 0 Å². The Bertz CT molecular complexity index is 535. The van der Waals surface area contributed by atoms with Gasteiger partial charge in [0.1, 0.15) is 4.21 Å². The molecule has 6 heteroatoms. The van der Waals surface area contributed by atoms with Crippen LogP contribution < -0.4 is 10.0 Å². The Labute approximate surface area is 126 Å². The molecule has 2 atom stereocenters. The van der Waals surface area contributed by atoms with Gasteiger partial charge in [0.05, 0.1) is 0 Å². The SMILES string of the molecule is CCC(C)C(C)NS(=O)(=O)c1cc(CNC2CC2)cs1. The summed E-state index contributed by atoms with van der Waals surface area (Å²) in [5.74, 6) is 0.334. The molecule has 0 bridgehead atoms. The lowest BCUT2D eigenvalue weighted by molar-refractivity contribution is 0.434. The third kappa shape index (κ3) is 4.28. The molecule has 1 fully saturated rings. The van der Waals surface area contributed by atoms with Gasteiger partial charge in [0.15, 0.2) is 0 Å². The van der Waals surface area contributed by atoms with Crippen molar-refractivity contribution >= 4 is 21.4 Å². The lowest BCUT2D eigenvalue weighted by Crippen LogP contribution is -2.36. The molecule has 1 aliphatic carbocycles. The van der Waals surface area contributed by atoms with Crippen LogP contribution in [-0.2, 0) is 16.6 Å². The van der Waals surface area contributed by atoms with Crippen molar-refractivity contribution in [2.24, 2.45) is 5.92 Å². The average molecular weight is 316 g/mol. The molecule has 4 nitrogen and oxygen atoms in total. The van der Waals surface area contributed by atoms with E-state index in [0.717, 1.165) is 18.5 Å². The van der Waals surface area contributed by atoms with Crippen LogP contribution in [0.5, 0.6) is 0 Å². The molecule has 1 aromatic rings. The summed E-state index contributed by atoms with van der Waals surface area (Å²) in [7, 11) is -3.38. The average Bonchev–Trinajstić information content (AvgIpc) is 3.10. The quantitative estimate of drug-likeness (QED) is 0.775. The summed E-state index contributed by atoms with van der Waals surface area (Å²) >= 11 is 1.30. The van der Waals surface area contributed by atoms with Gasteiger partial charge in [0, 0.05) is 18.6 Å². The molecular formula is C14H24N2O2S2. The summed E-state index contributed by atoms with van der Waals surface area (Å²) < 4.78 is 27.8. The number of hydrogen-bond acceptors (Lipinski definition) is 4. The third-order valence-corrected chi connectivity index (χ3v) is 6.95. The Balaban J connectivity index is 1.97. The highest BCUT2D eigenvalue weighted by Crippen LogP contribution is 2.23. The van der Waals surface area contributed by atoms with Gasteiger partial charge in [-0.15, -0.1) is 11.3 Å². The first-order valence-electron chi connectivity index (χ1n) is 7.25. The minimum absolute atomic E-state index is 0.0415. The summed E-state index contributed by atoms with van der Waals surface area (Å²) in [6, 6.07) is 2.38. The predicted octanol–water partition coefficient (Wildman–Crippen LogP) is 2.71. The predicted molar refractivity (Wildman–Crippen MR) is 83.4 cm³/mol. The van der Waals surface area contributed by atoms with Crippen molar-refractivity contribution in [1.29, 1.82) is 0 Å². The standard InChI is InChI=1S/C14H24N2O2S2/c1-4-10(2)11(3)16-20(17,18)14-7-12(9-19-14)8-15-13-5-6-13/h7,9-11,13,15-16H,4-6,8H2,1-3H3. The first kappa shape index (κ1) is 15.9. The van der Waals surface area contributed by atoms with Gasteiger partial charge in [-0.1, -0.05) is 20.3 Å². The normalized spacial score (nSPS) is 18.9. The van der Waals surface area contributed by atoms with Gasteiger partial charge >= 0.3 is 0 Å². The van der Waals surface area contributed by atoms with E-state index in [1.54, 1.807) is 6.07 Å². The molecule has 114 valence electrons. The summed E-state index contributed by atoms with van der Waals surface area (Å²) in [5.41, 5.74) is 1.05. The van der Waals surface area contributed by atoms with E-state index in [1.165, 1.54) is 24.2 Å². The Kier molecular flexibility index (Phi) is 5.23. The van der Waals surface area contributed by atoms with E-state index >= 15 is 0 Å². The number of thiophene rings is 1. The molecule has 1 aliphatic rings. The highest BCUT2D eigenvalue weighted by Gasteiger charge is 2.23. The molecule has 0 radical (unpaired) electrons. The fraction of sp³-hybridized carbons (Fsp3) is 0.714. The van der Waals surface area contributed by atoms with Crippen LogP contribution in [0.3, 0.4) is 0 Å². The van der Waals surface area contributed by atoms with Crippen LogP contribution in [-0.4, -0.2) is 20.5 Å². The van der Waals surface area contributed by atoms with E-state index in [0.29, 0.717) is 16.2 Å². The molecule has 20 heavy (non-hydrogen) atoms. The van der Waals surface area contributed by atoms with E-state index < -0.39 is 10.0 Å². The van der Waals surface area contributed by atoms with E-state index in [4.69, 9.17) is 0 Å². The molecule has 0 aliphatic heterocycles. The molecule has 2 unspecified atom stereocenters. The van der Waals surface area contributed by atoms with Crippen molar-refractivity contribution in [1.82, 2.24) is 10.0 Å². The van der Waals surface area contributed by atoms with Gasteiger partial charge in [0.25, 0.3) is 0 Å². The fourth-order valence-corrected chi connectivity index (χ4v) is 4.49. The second kappa shape index (κ2) is 6.56. The number of rotatable bonds is 8. The topological polar surface area (TPSA) is 58.2 Å². The van der Waals surface area contributed by atoms with Crippen LogP contribution in [0, 0.1) is 5.92 Å². The van der Waals surface area contributed by atoms with Crippen molar-refractivity contribution in [3.05, 3.63) is 17.0 Å². The molecule has 0 aromatic carbocycles. The summed E-state index contributed by atoms with van der Waals surface area (Å²) in [4.78, 5) is 0. The molecule has 1 saturated carbocycles. The van der Waals surface area contributed by atoms with Crippen molar-refractivity contribution in [2.75, 3.05) is 0 Å². The zero-order valence-corrected chi connectivity index (χ0v) is 14.0. The van der Waals surface area contributed by atoms with Crippen LogP contribution in [0.1, 0.15) is 45.6 Å². The maximum atomic E-state index is 12.3. The van der Waals surface area contributed by atoms with Gasteiger partial charge in [-0.25, -0.2) is 13.1 Å². The molecule has 2 N–H and O–H groups in total. The molecular weight excluding hydrogens is 292 g/mol. The minimum atomic E-state index is -3.38. The zero-order valence-electron chi connectivity index (χ0n) is 12.3. The van der Waals surface area contributed by atoms with Crippen LogP contribution in [0.15, 0.2) is 15.7 Å².